The topological polar surface area (TPSA) is 51.7 Å². The minimum Gasteiger partial charge on any atom is -0.369 e. The van der Waals surface area contributed by atoms with Crippen molar-refractivity contribution in [1.29, 1.82) is 0 Å². The van der Waals surface area contributed by atoms with Crippen LogP contribution in [0.3, 0.4) is 0 Å². The summed E-state index contributed by atoms with van der Waals surface area (Å²) in [5.41, 5.74) is 2.77. The van der Waals surface area contributed by atoms with Gasteiger partial charge in [-0.05, 0) is 52.7 Å². The largest absolute Gasteiger partial charge is 0.369 e. The Balaban J connectivity index is 0.00000338. The van der Waals surface area contributed by atoms with Gasteiger partial charge in [0.05, 0.1) is 0 Å². The lowest BCUT2D eigenvalue weighted by molar-refractivity contribution is 0.426. The van der Waals surface area contributed by atoms with E-state index in [1.165, 1.54) is 24.1 Å². The number of nitrogens with one attached hydrogen (secondary N) is 3. The van der Waals surface area contributed by atoms with Gasteiger partial charge in [-0.1, -0.05) is 17.7 Å². The lowest BCUT2D eigenvalue weighted by Gasteiger charge is -2.35. The Labute approximate surface area is 176 Å². The van der Waals surface area contributed by atoms with Gasteiger partial charge in [-0.15, -0.1) is 24.0 Å². The van der Waals surface area contributed by atoms with Crippen LogP contribution >= 0.6 is 24.0 Å². The first-order valence-electron chi connectivity index (χ1n) is 9.41. The third kappa shape index (κ3) is 8.12. The molecule has 3 N–H and O–H groups in total. The molecular formula is C20H36IN5. The molecule has 0 aliphatic carbocycles. The molecule has 0 aromatic heterocycles. The molecule has 148 valence electrons. The third-order valence-electron chi connectivity index (χ3n) is 4.46. The molecule has 1 aromatic carbocycles. The van der Waals surface area contributed by atoms with Crippen molar-refractivity contribution in [3.63, 3.8) is 0 Å². The summed E-state index contributed by atoms with van der Waals surface area (Å²) in [6, 6.07) is 9.26. The molecule has 0 amide bonds. The van der Waals surface area contributed by atoms with E-state index in [-0.39, 0.29) is 29.5 Å². The minimum absolute atomic E-state index is 0. The number of guanidine groups is 1. The van der Waals surface area contributed by atoms with Crippen LogP contribution in [-0.2, 0) is 0 Å². The molecular weight excluding hydrogens is 437 g/mol. The van der Waals surface area contributed by atoms with Gasteiger partial charge in [0, 0.05) is 50.5 Å². The molecule has 5 nitrogen and oxygen atoms in total. The van der Waals surface area contributed by atoms with E-state index in [9.17, 15) is 0 Å². The van der Waals surface area contributed by atoms with E-state index in [1.54, 1.807) is 0 Å². The maximum Gasteiger partial charge on any atom is 0.191 e. The number of nitrogens with zero attached hydrogens (tertiary/aromatic N) is 2. The first kappa shape index (κ1) is 23.0. The second-order valence-corrected chi connectivity index (χ2v) is 7.94. The van der Waals surface area contributed by atoms with Crippen molar-refractivity contribution in [1.82, 2.24) is 16.0 Å². The van der Waals surface area contributed by atoms with Crippen LogP contribution in [0.25, 0.3) is 0 Å². The third-order valence-corrected chi connectivity index (χ3v) is 4.46. The Morgan fingerprint density at radius 1 is 1.19 bits per heavy atom. The molecule has 1 saturated heterocycles. The summed E-state index contributed by atoms with van der Waals surface area (Å²) in [7, 11) is 1.84. The SMILES string of the molecule is CN=C(NCCNC(C)(C)C)NC1CCCN(c2ccc(C)cc2)C1.I. The molecule has 1 unspecified atom stereocenters. The average Bonchev–Trinajstić information content (AvgIpc) is 2.57. The number of aliphatic imine (C=N–C) groups is 1. The second-order valence-electron chi connectivity index (χ2n) is 7.94. The zero-order valence-corrected chi connectivity index (χ0v) is 19.3. The highest BCUT2D eigenvalue weighted by Gasteiger charge is 2.21. The van der Waals surface area contributed by atoms with E-state index in [0.717, 1.165) is 32.1 Å². The number of piperidine rings is 1. The van der Waals surface area contributed by atoms with Crippen LogP contribution in [0.15, 0.2) is 29.3 Å². The highest BCUT2D eigenvalue weighted by atomic mass is 127. The maximum absolute atomic E-state index is 4.37. The van der Waals surface area contributed by atoms with Crippen LogP contribution < -0.4 is 20.9 Å². The zero-order valence-electron chi connectivity index (χ0n) is 16.9. The summed E-state index contributed by atoms with van der Waals surface area (Å²) >= 11 is 0. The number of rotatable bonds is 5. The minimum atomic E-state index is 0. The van der Waals surface area contributed by atoms with Gasteiger partial charge >= 0.3 is 0 Å². The van der Waals surface area contributed by atoms with Crippen LogP contribution in [0.5, 0.6) is 0 Å². The van der Waals surface area contributed by atoms with E-state index in [4.69, 9.17) is 0 Å². The van der Waals surface area contributed by atoms with Gasteiger partial charge in [0.2, 0.25) is 0 Å². The van der Waals surface area contributed by atoms with E-state index < -0.39 is 0 Å². The lowest BCUT2D eigenvalue weighted by Crippen LogP contribution is -2.52. The van der Waals surface area contributed by atoms with Crippen molar-refractivity contribution in [2.24, 2.45) is 4.99 Å². The van der Waals surface area contributed by atoms with Gasteiger partial charge in [0.1, 0.15) is 0 Å². The first-order valence-corrected chi connectivity index (χ1v) is 9.41. The highest BCUT2D eigenvalue weighted by molar-refractivity contribution is 14.0. The molecule has 1 heterocycles. The summed E-state index contributed by atoms with van der Waals surface area (Å²) in [5.74, 6) is 0.895. The van der Waals surface area contributed by atoms with E-state index in [2.05, 4.69) is 77.8 Å². The van der Waals surface area contributed by atoms with Gasteiger partial charge in [-0.3, -0.25) is 4.99 Å². The summed E-state index contributed by atoms with van der Waals surface area (Å²) in [4.78, 5) is 6.84. The monoisotopic (exact) mass is 473 g/mol. The normalized spacial score (nSPS) is 18.3. The fourth-order valence-electron chi connectivity index (χ4n) is 3.09. The molecule has 0 bridgehead atoms. The van der Waals surface area contributed by atoms with Crippen molar-refractivity contribution >= 4 is 35.6 Å². The van der Waals surface area contributed by atoms with E-state index in [0.29, 0.717) is 6.04 Å². The van der Waals surface area contributed by atoms with Crippen molar-refractivity contribution in [3.8, 4) is 0 Å². The van der Waals surface area contributed by atoms with Crippen molar-refractivity contribution in [2.75, 3.05) is 38.1 Å². The zero-order chi connectivity index (χ0) is 18.3. The summed E-state index contributed by atoms with van der Waals surface area (Å²) in [5, 5.41) is 10.5. The van der Waals surface area contributed by atoms with Gasteiger partial charge in [0.25, 0.3) is 0 Å². The fraction of sp³-hybridized carbons (Fsp3) is 0.650. The Bertz CT molecular complexity index is 550. The summed E-state index contributed by atoms with van der Waals surface area (Å²) < 4.78 is 0. The maximum atomic E-state index is 4.37. The quantitative estimate of drug-likeness (QED) is 0.266. The Morgan fingerprint density at radius 3 is 2.50 bits per heavy atom. The van der Waals surface area contributed by atoms with Gasteiger partial charge in [-0.25, -0.2) is 0 Å². The van der Waals surface area contributed by atoms with Crippen LogP contribution in [0.1, 0.15) is 39.2 Å². The second kappa shape index (κ2) is 11.0. The predicted octanol–water partition coefficient (Wildman–Crippen LogP) is 3.13. The van der Waals surface area contributed by atoms with Crippen LogP contribution in [-0.4, -0.2) is 50.8 Å². The van der Waals surface area contributed by atoms with Gasteiger partial charge < -0.3 is 20.9 Å². The fourth-order valence-corrected chi connectivity index (χ4v) is 3.09. The number of anilines is 1. The molecule has 1 fully saturated rings. The Morgan fingerprint density at radius 2 is 1.88 bits per heavy atom. The van der Waals surface area contributed by atoms with Crippen LogP contribution in [0, 0.1) is 6.92 Å². The van der Waals surface area contributed by atoms with E-state index >= 15 is 0 Å². The number of halogens is 1. The molecule has 1 aliphatic heterocycles. The smallest absolute Gasteiger partial charge is 0.191 e. The molecule has 6 heteroatoms. The van der Waals surface area contributed by atoms with Crippen molar-refractivity contribution in [3.05, 3.63) is 29.8 Å². The van der Waals surface area contributed by atoms with Gasteiger partial charge in [-0.2, -0.15) is 0 Å². The summed E-state index contributed by atoms with van der Waals surface area (Å²) in [6.07, 6.45) is 2.39. The molecule has 26 heavy (non-hydrogen) atoms. The Hall–Kier alpha value is -1.02. The predicted molar refractivity (Wildman–Crippen MR) is 124 cm³/mol. The van der Waals surface area contributed by atoms with Crippen LogP contribution in [0.4, 0.5) is 5.69 Å². The standard InChI is InChI=1S/C20H35N5.HI/c1-16-8-10-18(11-9-16)25-14-6-7-17(15-25)24-19(21-5)22-12-13-23-20(2,3)4;/h8-11,17,23H,6-7,12-15H2,1-5H3,(H2,21,22,24);1H. The van der Waals surface area contributed by atoms with Crippen LogP contribution in [0.2, 0.25) is 0 Å². The molecule has 0 radical (unpaired) electrons. The first-order chi connectivity index (χ1) is 11.9. The molecule has 2 rings (SSSR count). The average molecular weight is 473 g/mol. The molecule has 1 atom stereocenters. The molecule has 1 aliphatic rings. The summed E-state index contributed by atoms with van der Waals surface area (Å²) in [6.45, 7) is 12.6. The molecule has 0 saturated carbocycles. The lowest BCUT2D eigenvalue weighted by atomic mass is 10.0. The molecule has 1 aromatic rings. The Kier molecular flexibility index (Phi) is 9.71. The number of hydrogen-bond acceptors (Lipinski definition) is 3. The number of hydrogen-bond donors (Lipinski definition) is 3. The number of aryl methyl sites for hydroxylation is 1. The van der Waals surface area contributed by atoms with Crippen molar-refractivity contribution < 1.29 is 0 Å². The number of benzene rings is 1. The van der Waals surface area contributed by atoms with Gasteiger partial charge in [0.15, 0.2) is 5.96 Å². The van der Waals surface area contributed by atoms with Crippen molar-refractivity contribution in [2.45, 2.75) is 52.1 Å². The molecule has 0 spiro atoms. The highest BCUT2D eigenvalue weighted by Crippen LogP contribution is 2.20. The van der Waals surface area contributed by atoms with E-state index in [1.807, 2.05) is 7.05 Å².